The van der Waals surface area contributed by atoms with Crippen LogP contribution in [0.15, 0.2) is 16.7 Å². The molecule has 1 aliphatic heterocycles. The number of rotatable bonds is 2. The molecule has 0 aromatic carbocycles. The molecule has 2 N–H and O–H groups in total. The molecule has 3 heteroatoms. The molecule has 0 atom stereocenters. The molecule has 2 heterocycles. The van der Waals surface area contributed by atoms with Crippen LogP contribution in [-0.4, -0.2) is 18.0 Å². The van der Waals surface area contributed by atoms with Gasteiger partial charge >= 0.3 is 0 Å². The zero-order valence-corrected chi connectivity index (χ0v) is 7.12. The van der Waals surface area contributed by atoms with Crippen molar-refractivity contribution in [3.8, 4) is 0 Å². The molecule has 0 aliphatic carbocycles. The number of nitrogens with two attached hydrogens (primary N) is 1. The fourth-order valence-corrected chi connectivity index (χ4v) is 1.64. The molecule has 0 spiro atoms. The van der Waals surface area contributed by atoms with Crippen molar-refractivity contribution < 1.29 is 4.42 Å². The van der Waals surface area contributed by atoms with Gasteiger partial charge in [0.1, 0.15) is 12.0 Å². The van der Waals surface area contributed by atoms with Gasteiger partial charge in [0.25, 0.3) is 0 Å². The van der Waals surface area contributed by atoms with E-state index < -0.39 is 0 Å². The summed E-state index contributed by atoms with van der Waals surface area (Å²) in [6.07, 6.45) is 4.23. The van der Waals surface area contributed by atoms with Gasteiger partial charge in [-0.1, -0.05) is 0 Å². The molecule has 0 amide bonds. The molecule has 2 rings (SSSR count). The number of nitrogens with zero attached hydrogens (tertiary/aromatic N) is 1. The Morgan fingerprint density at radius 2 is 2.17 bits per heavy atom. The first-order valence-electron chi connectivity index (χ1n) is 4.40. The fourth-order valence-electron chi connectivity index (χ4n) is 1.64. The van der Waals surface area contributed by atoms with Crippen molar-refractivity contribution in [1.29, 1.82) is 0 Å². The van der Waals surface area contributed by atoms with E-state index in [1.165, 1.54) is 25.9 Å². The van der Waals surface area contributed by atoms with E-state index in [2.05, 4.69) is 4.90 Å². The highest BCUT2D eigenvalue weighted by Crippen LogP contribution is 2.15. The maximum absolute atomic E-state index is 5.54. The molecule has 0 unspecified atom stereocenters. The average Bonchev–Trinajstić information content (AvgIpc) is 2.63. The van der Waals surface area contributed by atoms with Gasteiger partial charge in [0.15, 0.2) is 0 Å². The third-order valence-electron chi connectivity index (χ3n) is 2.25. The molecule has 66 valence electrons. The van der Waals surface area contributed by atoms with Gasteiger partial charge in [0.2, 0.25) is 0 Å². The van der Waals surface area contributed by atoms with E-state index in [4.69, 9.17) is 10.2 Å². The maximum atomic E-state index is 5.54. The van der Waals surface area contributed by atoms with E-state index >= 15 is 0 Å². The van der Waals surface area contributed by atoms with E-state index in [0.29, 0.717) is 0 Å². The SMILES string of the molecule is Nc1coc(CN2CCCC2)c1. The summed E-state index contributed by atoms with van der Waals surface area (Å²) in [6.45, 7) is 3.30. The quantitative estimate of drug-likeness (QED) is 0.723. The van der Waals surface area contributed by atoms with Crippen molar-refractivity contribution in [2.45, 2.75) is 19.4 Å². The van der Waals surface area contributed by atoms with E-state index in [0.717, 1.165) is 18.0 Å². The second kappa shape index (κ2) is 3.19. The lowest BCUT2D eigenvalue weighted by molar-refractivity contribution is 0.297. The van der Waals surface area contributed by atoms with Crippen molar-refractivity contribution in [3.05, 3.63) is 18.1 Å². The summed E-state index contributed by atoms with van der Waals surface area (Å²) in [6, 6.07) is 1.90. The van der Waals surface area contributed by atoms with Gasteiger partial charge < -0.3 is 10.2 Å². The van der Waals surface area contributed by atoms with Crippen LogP contribution in [0.3, 0.4) is 0 Å². The van der Waals surface area contributed by atoms with Crippen LogP contribution in [0.1, 0.15) is 18.6 Å². The van der Waals surface area contributed by atoms with Crippen LogP contribution >= 0.6 is 0 Å². The second-order valence-corrected chi connectivity index (χ2v) is 3.33. The molecule has 1 saturated heterocycles. The molecule has 12 heavy (non-hydrogen) atoms. The van der Waals surface area contributed by atoms with Crippen LogP contribution in [0.25, 0.3) is 0 Å². The first-order valence-corrected chi connectivity index (χ1v) is 4.40. The van der Waals surface area contributed by atoms with Gasteiger partial charge in [-0.05, 0) is 25.9 Å². The first kappa shape index (κ1) is 7.68. The highest BCUT2D eigenvalue weighted by atomic mass is 16.3. The maximum Gasteiger partial charge on any atom is 0.119 e. The molecule has 1 fully saturated rings. The molecule has 0 bridgehead atoms. The molecular weight excluding hydrogens is 152 g/mol. The van der Waals surface area contributed by atoms with Crippen molar-refractivity contribution in [2.75, 3.05) is 18.8 Å². The Balaban J connectivity index is 1.94. The standard InChI is InChI=1S/C9H14N2O/c10-8-5-9(12-7-8)6-11-3-1-2-4-11/h5,7H,1-4,6,10H2. The smallest absolute Gasteiger partial charge is 0.119 e. The molecule has 1 aromatic heterocycles. The zero-order valence-electron chi connectivity index (χ0n) is 7.12. The summed E-state index contributed by atoms with van der Waals surface area (Å²) >= 11 is 0. The summed E-state index contributed by atoms with van der Waals surface area (Å²) in [7, 11) is 0. The van der Waals surface area contributed by atoms with Crippen LogP contribution in [0, 0.1) is 0 Å². The fraction of sp³-hybridized carbons (Fsp3) is 0.556. The van der Waals surface area contributed by atoms with Gasteiger partial charge in [0, 0.05) is 6.07 Å². The van der Waals surface area contributed by atoms with Gasteiger partial charge in [-0.15, -0.1) is 0 Å². The van der Waals surface area contributed by atoms with E-state index in [1.54, 1.807) is 6.26 Å². The lowest BCUT2D eigenvalue weighted by Crippen LogP contribution is -2.17. The Kier molecular flexibility index (Phi) is 2.04. The van der Waals surface area contributed by atoms with Crippen molar-refractivity contribution in [2.24, 2.45) is 0 Å². The summed E-state index contributed by atoms with van der Waals surface area (Å²) in [4.78, 5) is 2.39. The van der Waals surface area contributed by atoms with Crippen LogP contribution in [0.5, 0.6) is 0 Å². The number of likely N-dealkylation sites (tertiary alicyclic amines) is 1. The highest BCUT2D eigenvalue weighted by Gasteiger charge is 2.12. The van der Waals surface area contributed by atoms with Crippen molar-refractivity contribution in [1.82, 2.24) is 4.90 Å². The van der Waals surface area contributed by atoms with Gasteiger partial charge in [-0.2, -0.15) is 0 Å². The minimum Gasteiger partial charge on any atom is -0.466 e. The zero-order chi connectivity index (χ0) is 8.39. The third-order valence-corrected chi connectivity index (χ3v) is 2.25. The second-order valence-electron chi connectivity index (χ2n) is 3.33. The topological polar surface area (TPSA) is 42.4 Å². The Bertz CT molecular complexity index is 251. The van der Waals surface area contributed by atoms with E-state index in [9.17, 15) is 0 Å². The van der Waals surface area contributed by atoms with E-state index in [-0.39, 0.29) is 0 Å². The predicted molar refractivity (Wildman–Crippen MR) is 47.6 cm³/mol. The third kappa shape index (κ3) is 1.61. The molecule has 0 saturated carbocycles. The number of nitrogen functional groups attached to an aromatic ring is 1. The molecule has 1 aliphatic rings. The molecular formula is C9H14N2O. The largest absolute Gasteiger partial charge is 0.466 e. The first-order chi connectivity index (χ1) is 5.84. The summed E-state index contributed by atoms with van der Waals surface area (Å²) in [5.74, 6) is 0.981. The van der Waals surface area contributed by atoms with Crippen molar-refractivity contribution >= 4 is 5.69 Å². The lowest BCUT2D eigenvalue weighted by atomic mass is 10.4. The number of furan rings is 1. The van der Waals surface area contributed by atoms with Crippen LogP contribution in [-0.2, 0) is 6.54 Å². The van der Waals surface area contributed by atoms with Gasteiger partial charge in [-0.3, -0.25) is 4.90 Å². The van der Waals surface area contributed by atoms with E-state index in [1.807, 2.05) is 6.07 Å². The minimum absolute atomic E-state index is 0.726. The molecule has 3 nitrogen and oxygen atoms in total. The number of hydrogen-bond acceptors (Lipinski definition) is 3. The Morgan fingerprint density at radius 1 is 1.42 bits per heavy atom. The summed E-state index contributed by atoms with van der Waals surface area (Å²) < 4.78 is 5.26. The molecule has 0 radical (unpaired) electrons. The summed E-state index contributed by atoms with van der Waals surface area (Å²) in [5, 5.41) is 0. The number of anilines is 1. The normalized spacial score (nSPS) is 18.7. The van der Waals surface area contributed by atoms with Gasteiger partial charge in [-0.25, -0.2) is 0 Å². The van der Waals surface area contributed by atoms with Crippen LogP contribution in [0.2, 0.25) is 0 Å². The monoisotopic (exact) mass is 166 g/mol. The Hall–Kier alpha value is -0.960. The lowest BCUT2D eigenvalue weighted by Gasteiger charge is -2.11. The van der Waals surface area contributed by atoms with Gasteiger partial charge in [0.05, 0.1) is 12.2 Å². The predicted octanol–water partition coefficient (Wildman–Crippen LogP) is 1.46. The Morgan fingerprint density at radius 3 is 2.75 bits per heavy atom. The van der Waals surface area contributed by atoms with Crippen LogP contribution < -0.4 is 5.73 Å². The Labute approximate surface area is 72.1 Å². The minimum atomic E-state index is 0.726. The highest BCUT2D eigenvalue weighted by molar-refractivity contribution is 5.34. The van der Waals surface area contributed by atoms with Crippen molar-refractivity contribution in [3.63, 3.8) is 0 Å². The molecule has 1 aromatic rings. The van der Waals surface area contributed by atoms with Crippen LogP contribution in [0.4, 0.5) is 5.69 Å². The number of hydrogen-bond donors (Lipinski definition) is 1. The average molecular weight is 166 g/mol. The summed E-state index contributed by atoms with van der Waals surface area (Å²) in [5.41, 5.74) is 6.27.